The summed E-state index contributed by atoms with van der Waals surface area (Å²) in [5.41, 5.74) is 1.00. The van der Waals surface area contributed by atoms with Crippen LogP contribution in [0.3, 0.4) is 0 Å². The van der Waals surface area contributed by atoms with Gasteiger partial charge in [0.15, 0.2) is 0 Å². The van der Waals surface area contributed by atoms with E-state index in [1.54, 1.807) is 0 Å². The Morgan fingerprint density at radius 1 is 0.824 bits per heavy atom. The Morgan fingerprint density at radius 2 is 1.35 bits per heavy atom. The Kier molecular flexibility index (Phi) is 11.9. The molecule has 0 unspecified atom stereocenters. The summed E-state index contributed by atoms with van der Waals surface area (Å²) in [7, 11) is 3.99. The van der Waals surface area contributed by atoms with Gasteiger partial charge >= 0.3 is 0 Å². The second-order valence-electron chi connectivity index (χ2n) is 9.74. The van der Waals surface area contributed by atoms with Gasteiger partial charge in [-0.2, -0.15) is 0 Å². The molecule has 4 nitrogen and oxygen atoms in total. The van der Waals surface area contributed by atoms with Crippen molar-refractivity contribution in [3.8, 4) is 5.75 Å². The minimum absolute atomic E-state index is 0.368. The number of anilines is 1. The molecule has 2 aromatic carbocycles. The maximum atomic E-state index is 5.71. The van der Waals surface area contributed by atoms with Crippen molar-refractivity contribution < 1.29 is 4.74 Å². The van der Waals surface area contributed by atoms with Crippen molar-refractivity contribution in [3.63, 3.8) is 0 Å². The minimum atomic E-state index is 0.368. The normalized spacial score (nSPS) is 17.3. The third-order valence-electron chi connectivity index (χ3n) is 6.38. The van der Waals surface area contributed by atoms with Gasteiger partial charge in [0.1, 0.15) is 17.4 Å². The lowest BCUT2D eigenvalue weighted by Gasteiger charge is -2.22. The van der Waals surface area contributed by atoms with Crippen LogP contribution in [0.2, 0.25) is 0 Å². The van der Waals surface area contributed by atoms with Crippen molar-refractivity contribution >= 4 is 16.7 Å². The van der Waals surface area contributed by atoms with Gasteiger partial charge < -0.3 is 9.64 Å². The first-order valence-corrected chi connectivity index (χ1v) is 13.0. The molecule has 0 spiro atoms. The molecule has 0 saturated heterocycles. The number of ether oxygens (including phenoxy) is 1. The fourth-order valence-electron chi connectivity index (χ4n) is 4.09. The molecule has 4 rings (SSSR count). The molecule has 0 N–H and O–H groups in total. The Morgan fingerprint density at radius 3 is 1.88 bits per heavy atom. The van der Waals surface area contributed by atoms with Gasteiger partial charge in [-0.1, -0.05) is 83.7 Å². The highest BCUT2D eigenvalue weighted by atomic mass is 16.5. The summed E-state index contributed by atoms with van der Waals surface area (Å²) in [5, 5.41) is 1.10. The summed E-state index contributed by atoms with van der Waals surface area (Å²) >= 11 is 0. The first-order valence-electron chi connectivity index (χ1n) is 13.0. The van der Waals surface area contributed by atoms with E-state index in [4.69, 9.17) is 4.74 Å². The average molecular weight is 464 g/mol. The topological polar surface area (TPSA) is 38.2 Å². The number of benzene rings is 2. The second-order valence-corrected chi connectivity index (χ2v) is 9.74. The predicted molar refractivity (Wildman–Crippen MR) is 147 cm³/mol. The lowest BCUT2D eigenvalue weighted by molar-refractivity contribution is 0.193. The molecule has 34 heavy (non-hydrogen) atoms. The number of aromatic nitrogens is 2. The summed E-state index contributed by atoms with van der Waals surface area (Å²) < 4.78 is 5.71. The molecular formula is C30H45N3O. The van der Waals surface area contributed by atoms with Gasteiger partial charge in [-0.3, -0.25) is 0 Å². The lowest BCUT2D eigenvalue weighted by atomic mass is 9.84. The Hall–Kier alpha value is -2.62. The van der Waals surface area contributed by atoms with Crippen molar-refractivity contribution in [2.24, 2.45) is 11.8 Å². The summed E-state index contributed by atoms with van der Waals surface area (Å²) in [6.45, 7) is 10.9. The van der Waals surface area contributed by atoms with Crippen LogP contribution in [-0.4, -0.2) is 30.2 Å². The van der Waals surface area contributed by atoms with Crippen LogP contribution >= 0.6 is 0 Å². The highest BCUT2D eigenvalue weighted by molar-refractivity contribution is 5.89. The monoisotopic (exact) mass is 463 g/mol. The molecule has 4 heteroatoms. The van der Waals surface area contributed by atoms with E-state index in [1.807, 2.05) is 80.5 Å². The fourth-order valence-corrected chi connectivity index (χ4v) is 4.09. The molecular weight excluding hydrogens is 418 g/mol. The highest BCUT2D eigenvalue weighted by Crippen LogP contribution is 2.27. The average Bonchev–Trinajstić information content (AvgIpc) is 2.85. The number of rotatable bonds is 5. The van der Waals surface area contributed by atoms with E-state index in [1.165, 1.54) is 25.7 Å². The molecule has 1 saturated carbocycles. The van der Waals surface area contributed by atoms with E-state index in [0.29, 0.717) is 6.10 Å². The van der Waals surface area contributed by atoms with Crippen LogP contribution in [0.1, 0.15) is 72.0 Å². The van der Waals surface area contributed by atoms with Crippen LogP contribution < -0.4 is 9.64 Å². The van der Waals surface area contributed by atoms with Crippen molar-refractivity contribution in [1.29, 1.82) is 0 Å². The third kappa shape index (κ3) is 9.32. The minimum Gasteiger partial charge on any atom is -0.490 e. The van der Waals surface area contributed by atoms with Gasteiger partial charge in [-0.25, -0.2) is 9.97 Å². The van der Waals surface area contributed by atoms with E-state index in [2.05, 4.69) is 37.7 Å². The molecule has 0 atom stereocenters. The number of para-hydroxylation sites is 2. The molecule has 0 radical (unpaired) electrons. The summed E-state index contributed by atoms with van der Waals surface area (Å²) in [4.78, 5) is 10.8. The van der Waals surface area contributed by atoms with E-state index >= 15 is 0 Å². The van der Waals surface area contributed by atoms with E-state index in [0.717, 1.165) is 53.0 Å². The first-order chi connectivity index (χ1) is 16.3. The van der Waals surface area contributed by atoms with Crippen LogP contribution in [0.4, 0.5) is 5.82 Å². The van der Waals surface area contributed by atoms with Crippen LogP contribution in [0.5, 0.6) is 5.75 Å². The SMILES string of the molecule is CC1CCC(C)CC1.CCC(CC)Oc1ccccc1.Cc1nc(N(C)C)c2ccccc2n1. The zero-order valence-corrected chi connectivity index (χ0v) is 22.4. The predicted octanol–water partition coefficient (Wildman–Crippen LogP) is 8.09. The summed E-state index contributed by atoms with van der Waals surface area (Å²) in [5.74, 6) is 4.81. The number of nitrogens with zero attached hydrogens (tertiary/aromatic N) is 3. The summed E-state index contributed by atoms with van der Waals surface area (Å²) in [6, 6.07) is 18.1. The zero-order valence-electron chi connectivity index (χ0n) is 22.4. The number of aryl methyl sites for hydroxylation is 1. The Bertz CT molecular complexity index is 936. The van der Waals surface area contributed by atoms with Gasteiger partial charge in [-0.05, 0) is 55.9 Å². The van der Waals surface area contributed by atoms with Crippen molar-refractivity contribution in [3.05, 3.63) is 60.4 Å². The van der Waals surface area contributed by atoms with E-state index in [-0.39, 0.29) is 0 Å². The molecule has 0 amide bonds. The fraction of sp³-hybridized carbons (Fsp3) is 0.533. The van der Waals surface area contributed by atoms with Gasteiger partial charge in [0.05, 0.1) is 11.6 Å². The largest absolute Gasteiger partial charge is 0.490 e. The van der Waals surface area contributed by atoms with E-state index in [9.17, 15) is 0 Å². The number of hydrogen-bond acceptors (Lipinski definition) is 4. The third-order valence-corrected chi connectivity index (χ3v) is 6.38. The van der Waals surface area contributed by atoms with Gasteiger partial charge in [0, 0.05) is 19.5 Å². The lowest BCUT2D eigenvalue weighted by Crippen LogP contribution is -2.13. The smallest absolute Gasteiger partial charge is 0.139 e. The molecule has 186 valence electrons. The quantitative estimate of drug-likeness (QED) is 0.383. The first kappa shape index (κ1) is 27.6. The molecule has 3 aromatic rings. The maximum Gasteiger partial charge on any atom is 0.139 e. The van der Waals surface area contributed by atoms with E-state index < -0.39 is 0 Å². The van der Waals surface area contributed by atoms with Gasteiger partial charge in [0.2, 0.25) is 0 Å². The molecule has 0 bridgehead atoms. The molecule has 1 aliphatic rings. The molecule has 1 heterocycles. The molecule has 1 fully saturated rings. The standard InChI is InChI=1S/C11H13N3.C11H16O.C8H16/c1-8-12-10-7-5-4-6-9(10)11(13-8)14(2)3;1-3-10(4-2)12-11-8-6-5-7-9-11;1-7-3-5-8(2)6-4-7/h4-7H,1-3H3;5-10H,3-4H2,1-2H3;7-8H,3-6H2,1-2H3. The van der Waals surface area contributed by atoms with Crippen molar-refractivity contribution in [1.82, 2.24) is 9.97 Å². The van der Waals surface area contributed by atoms with Gasteiger partial charge in [-0.15, -0.1) is 0 Å². The van der Waals surface area contributed by atoms with Crippen LogP contribution in [0, 0.1) is 18.8 Å². The molecule has 1 aliphatic carbocycles. The number of hydrogen-bond donors (Lipinski definition) is 0. The Balaban J connectivity index is 0.000000187. The Labute approximate surface area is 207 Å². The van der Waals surface area contributed by atoms with Crippen LogP contribution in [-0.2, 0) is 0 Å². The van der Waals surface area contributed by atoms with Gasteiger partial charge in [0.25, 0.3) is 0 Å². The summed E-state index contributed by atoms with van der Waals surface area (Å²) in [6.07, 6.45) is 8.41. The van der Waals surface area contributed by atoms with Crippen LogP contribution in [0.25, 0.3) is 10.9 Å². The highest BCUT2D eigenvalue weighted by Gasteiger charge is 2.13. The van der Waals surface area contributed by atoms with Crippen LogP contribution in [0.15, 0.2) is 54.6 Å². The maximum absolute atomic E-state index is 5.71. The van der Waals surface area contributed by atoms with Crippen molar-refractivity contribution in [2.45, 2.75) is 79.2 Å². The second kappa shape index (κ2) is 14.6. The molecule has 0 aliphatic heterocycles. The zero-order chi connectivity index (χ0) is 24.9. The van der Waals surface area contributed by atoms with Crippen molar-refractivity contribution in [2.75, 3.05) is 19.0 Å². The number of fused-ring (bicyclic) bond motifs is 1. The molecule has 1 aromatic heterocycles.